The van der Waals surface area contributed by atoms with Crippen molar-refractivity contribution in [3.8, 4) is 0 Å². The van der Waals surface area contributed by atoms with E-state index in [0.29, 0.717) is 17.9 Å². The van der Waals surface area contributed by atoms with Gasteiger partial charge in [-0.05, 0) is 25.7 Å². The molecule has 0 aromatic rings. The summed E-state index contributed by atoms with van der Waals surface area (Å²) in [5.41, 5.74) is 0. The molecule has 0 aromatic heterocycles. The number of nitrogens with one attached hydrogen (secondary N) is 1. The number of amides is 1. The number of hydrogen-bond donors (Lipinski definition) is 1. The summed E-state index contributed by atoms with van der Waals surface area (Å²) in [6.45, 7) is 11.0. The molecule has 1 amide bonds. The van der Waals surface area contributed by atoms with E-state index < -0.39 is 0 Å². The van der Waals surface area contributed by atoms with Crippen molar-refractivity contribution < 1.29 is 4.79 Å². The molecule has 19 heavy (non-hydrogen) atoms. The van der Waals surface area contributed by atoms with Gasteiger partial charge in [-0.1, -0.05) is 53.4 Å². The Kier molecular flexibility index (Phi) is 6.84. The van der Waals surface area contributed by atoms with Crippen LogP contribution in [0, 0.1) is 5.92 Å². The van der Waals surface area contributed by atoms with Crippen molar-refractivity contribution >= 4 is 5.91 Å². The second kappa shape index (κ2) is 7.88. The van der Waals surface area contributed by atoms with Gasteiger partial charge in [0.25, 0.3) is 0 Å². The monoisotopic (exact) mass is 268 g/mol. The molecule has 0 aliphatic carbocycles. The van der Waals surface area contributed by atoms with Crippen LogP contribution in [0.5, 0.6) is 0 Å². The average molecular weight is 268 g/mol. The Bertz CT molecular complexity index is 278. The fourth-order valence-electron chi connectivity index (χ4n) is 3.00. The Morgan fingerprint density at radius 1 is 1.16 bits per heavy atom. The van der Waals surface area contributed by atoms with Crippen molar-refractivity contribution in [2.75, 3.05) is 0 Å². The van der Waals surface area contributed by atoms with Crippen LogP contribution < -0.4 is 5.32 Å². The third-order valence-corrected chi connectivity index (χ3v) is 4.13. The van der Waals surface area contributed by atoms with Gasteiger partial charge in [-0.25, -0.2) is 0 Å². The summed E-state index contributed by atoms with van der Waals surface area (Å²) in [5, 5.41) is 3.54. The van der Waals surface area contributed by atoms with Crippen LogP contribution in [-0.4, -0.2) is 29.1 Å². The van der Waals surface area contributed by atoms with Crippen molar-refractivity contribution in [2.24, 2.45) is 5.92 Å². The number of unbranched alkanes of at least 4 members (excludes halogenated alkanes) is 2. The third-order valence-electron chi connectivity index (χ3n) is 4.13. The van der Waals surface area contributed by atoms with Crippen molar-refractivity contribution in [1.29, 1.82) is 0 Å². The third kappa shape index (κ3) is 4.20. The van der Waals surface area contributed by atoms with Gasteiger partial charge in [0.2, 0.25) is 5.91 Å². The molecule has 1 saturated heterocycles. The summed E-state index contributed by atoms with van der Waals surface area (Å²) < 4.78 is 0. The largest absolute Gasteiger partial charge is 0.323 e. The second-order valence-electron chi connectivity index (χ2n) is 6.29. The molecule has 1 fully saturated rings. The van der Waals surface area contributed by atoms with Crippen LogP contribution in [0.3, 0.4) is 0 Å². The standard InChI is InChI=1S/C16H32N2O/c1-6-8-9-11-13(5)18-15(12(3)4)17-14(10-7-2)16(18)19/h12-15,17H,6-11H2,1-5H3. The van der Waals surface area contributed by atoms with Crippen molar-refractivity contribution in [2.45, 2.75) is 91.4 Å². The van der Waals surface area contributed by atoms with Gasteiger partial charge in [-0.2, -0.15) is 0 Å². The van der Waals surface area contributed by atoms with Crippen molar-refractivity contribution in [3.63, 3.8) is 0 Å². The molecule has 1 heterocycles. The number of rotatable bonds is 8. The lowest BCUT2D eigenvalue weighted by molar-refractivity contribution is -0.132. The normalized spacial score (nSPS) is 25.4. The fourth-order valence-corrected chi connectivity index (χ4v) is 3.00. The van der Waals surface area contributed by atoms with Crippen LogP contribution in [0.1, 0.15) is 73.1 Å². The van der Waals surface area contributed by atoms with Gasteiger partial charge in [-0.15, -0.1) is 0 Å². The van der Waals surface area contributed by atoms with Gasteiger partial charge < -0.3 is 4.90 Å². The molecule has 3 atom stereocenters. The van der Waals surface area contributed by atoms with Crippen LogP contribution in [-0.2, 0) is 4.79 Å². The van der Waals surface area contributed by atoms with E-state index >= 15 is 0 Å². The Balaban J connectivity index is 2.67. The van der Waals surface area contributed by atoms with E-state index in [-0.39, 0.29) is 12.2 Å². The molecular weight excluding hydrogens is 236 g/mol. The summed E-state index contributed by atoms with van der Waals surface area (Å²) in [7, 11) is 0. The summed E-state index contributed by atoms with van der Waals surface area (Å²) in [6, 6.07) is 0.409. The Morgan fingerprint density at radius 2 is 1.84 bits per heavy atom. The zero-order valence-electron chi connectivity index (χ0n) is 13.4. The van der Waals surface area contributed by atoms with Crippen LogP contribution in [0.15, 0.2) is 0 Å². The summed E-state index contributed by atoms with van der Waals surface area (Å²) in [6.07, 6.45) is 7.11. The summed E-state index contributed by atoms with van der Waals surface area (Å²) >= 11 is 0. The molecule has 0 spiro atoms. The zero-order valence-corrected chi connectivity index (χ0v) is 13.4. The molecule has 1 N–H and O–H groups in total. The molecule has 0 bridgehead atoms. The van der Waals surface area contributed by atoms with Crippen molar-refractivity contribution in [3.05, 3.63) is 0 Å². The highest BCUT2D eigenvalue weighted by Crippen LogP contribution is 2.24. The maximum atomic E-state index is 12.5. The van der Waals surface area contributed by atoms with E-state index in [2.05, 4.69) is 44.8 Å². The first-order chi connectivity index (χ1) is 9.02. The lowest BCUT2D eigenvalue weighted by Crippen LogP contribution is -2.46. The number of carbonyl (C=O) groups excluding carboxylic acids is 1. The van der Waals surface area contributed by atoms with Gasteiger partial charge in [0.1, 0.15) is 0 Å². The van der Waals surface area contributed by atoms with Gasteiger partial charge >= 0.3 is 0 Å². The predicted molar refractivity (Wildman–Crippen MR) is 80.9 cm³/mol. The Morgan fingerprint density at radius 3 is 2.37 bits per heavy atom. The first-order valence-corrected chi connectivity index (χ1v) is 8.11. The van der Waals surface area contributed by atoms with Gasteiger partial charge in [0.15, 0.2) is 0 Å². The molecular formula is C16H32N2O. The van der Waals surface area contributed by atoms with E-state index in [1.807, 2.05) is 0 Å². The highest BCUT2D eigenvalue weighted by molar-refractivity contribution is 5.84. The molecule has 1 aliphatic rings. The molecule has 0 radical (unpaired) electrons. The quantitative estimate of drug-likeness (QED) is 0.683. The fraction of sp³-hybridized carbons (Fsp3) is 0.938. The first kappa shape index (κ1) is 16.5. The van der Waals surface area contributed by atoms with E-state index in [1.165, 1.54) is 19.3 Å². The molecule has 1 rings (SSSR count). The smallest absolute Gasteiger partial charge is 0.241 e. The Hall–Kier alpha value is -0.570. The maximum absolute atomic E-state index is 12.5. The minimum atomic E-state index is 0.0472. The summed E-state index contributed by atoms with van der Waals surface area (Å²) in [5.74, 6) is 0.795. The summed E-state index contributed by atoms with van der Waals surface area (Å²) in [4.78, 5) is 14.7. The van der Waals surface area contributed by atoms with E-state index in [1.54, 1.807) is 0 Å². The molecule has 3 unspecified atom stereocenters. The van der Waals surface area contributed by atoms with Crippen molar-refractivity contribution in [1.82, 2.24) is 10.2 Å². The van der Waals surface area contributed by atoms with Crippen LogP contribution in [0.4, 0.5) is 0 Å². The number of hydrogen-bond acceptors (Lipinski definition) is 2. The first-order valence-electron chi connectivity index (χ1n) is 8.11. The van der Waals surface area contributed by atoms with Crippen LogP contribution in [0.2, 0.25) is 0 Å². The molecule has 112 valence electrons. The van der Waals surface area contributed by atoms with Gasteiger partial charge in [0, 0.05) is 6.04 Å². The highest BCUT2D eigenvalue weighted by atomic mass is 16.2. The lowest BCUT2D eigenvalue weighted by atomic mass is 10.1. The topological polar surface area (TPSA) is 32.3 Å². The zero-order chi connectivity index (χ0) is 14.4. The number of carbonyl (C=O) groups is 1. The Labute approximate surface area is 119 Å². The van der Waals surface area contributed by atoms with Gasteiger partial charge in [0.05, 0.1) is 12.2 Å². The van der Waals surface area contributed by atoms with Crippen LogP contribution >= 0.6 is 0 Å². The molecule has 0 saturated carbocycles. The minimum Gasteiger partial charge on any atom is -0.323 e. The van der Waals surface area contributed by atoms with E-state index in [4.69, 9.17) is 0 Å². The van der Waals surface area contributed by atoms with Gasteiger partial charge in [-0.3, -0.25) is 10.1 Å². The lowest BCUT2D eigenvalue weighted by Gasteiger charge is -2.32. The molecule has 0 aromatic carbocycles. The van der Waals surface area contributed by atoms with E-state index in [0.717, 1.165) is 19.3 Å². The second-order valence-corrected chi connectivity index (χ2v) is 6.29. The molecule has 3 nitrogen and oxygen atoms in total. The average Bonchev–Trinajstić information content (AvgIpc) is 2.68. The minimum absolute atomic E-state index is 0.0472. The van der Waals surface area contributed by atoms with E-state index in [9.17, 15) is 4.79 Å². The SMILES string of the molecule is CCCCCC(C)N1C(=O)C(CCC)NC1C(C)C. The maximum Gasteiger partial charge on any atom is 0.241 e. The highest BCUT2D eigenvalue weighted by Gasteiger charge is 2.41. The number of nitrogens with zero attached hydrogens (tertiary/aromatic N) is 1. The van der Waals surface area contributed by atoms with Crippen LogP contribution in [0.25, 0.3) is 0 Å². The molecule has 3 heteroatoms. The molecule has 1 aliphatic heterocycles. The predicted octanol–water partition coefficient (Wildman–Crippen LogP) is 3.54.